The molecule has 1 aromatic rings. The van der Waals surface area contributed by atoms with Crippen LogP contribution in [0, 0.1) is 11.8 Å². The number of carbonyl (C=O) groups excluding carboxylic acids is 2. The molecule has 1 aliphatic carbocycles. The molecule has 0 amide bonds. The lowest BCUT2D eigenvalue weighted by Gasteiger charge is -2.07. The van der Waals surface area contributed by atoms with Gasteiger partial charge in [0.25, 0.3) is 0 Å². The van der Waals surface area contributed by atoms with Gasteiger partial charge < -0.3 is 4.74 Å². The predicted octanol–water partition coefficient (Wildman–Crippen LogP) is 3.96. The molecular formula is C17H22O3S. The van der Waals surface area contributed by atoms with Crippen LogP contribution in [0.5, 0.6) is 0 Å². The number of thioether (sulfide) groups is 1. The van der Waals surface area contributed by atoms with Crippen molar-refractivity contribution in [3.63, 3.8) is 0 Å². The first kappa shape index (κ1) is 16.1. The highest BCUT2D eigenvalue weighted by atomic mass is 32.2. The van der Waals surface area contributed by atoms with Crippen molar-refractivity contribution in [1.82, 2.24) is 0 Å². The van der Waals surface area contributed by atoms with E-state index in [1.807, 2.05) is 24.3 Å². The van der Waals surface area contributed by atoms with Crippen molar-refractivity contribution in [1.29, 1.82) is 0 Å². The normalized spacial score (nSPS) is 14.2. The van der Waals surface area contributed by atoms with Crippen LogP contribution in [0.25, 0.3) is 0 Å². The fraction of sp³-hybridized carbons (Fsp3) is 0.529. The van der Waals surface area contributed by atoms with Crippen molar-refractivity contribution >= 4 is 23.5 Å². The summed E-state index contributed by atoms with van der Waals surface area (Å²) in [5.74, 6) is 1.17. The second-order valence-corrected chi connectivity index (χ2v) is 6.90. The number of benzene rings is 1. The lowest BCUT2D eigenvalue weighted by Crippen LogP contribution is -2.09. The van der Waals surface area contributed by atoms with Gasteiger partial charge in [0.2, 0.25) is 0 Å². The molecule has 0 N–H and O–H groups in total. The van der Waals surface area contributed by atoms with Gasteiger partial charge in [-0.2, -0.15) is 0 Å². The highest BCUT2D eigenvalue weighted by Crippen LogP contribution is 2.33. The lowest BCUT2D eigenvalue weighted by atomic mass is 10.1. The molecule has 2 rings (SSSR count). The van der Waals surface area contributed by atoms with E-state index in [1.165, 1.54) is 11.8 Å². The Hall–Kier alpha value is -1.29. The second kappa shape index (κ2) is 7.64. The topological polar surface area (TPSA) is 43.4 Å². The molecule has 0 bridgehead atoms. The van der Waals surface area contributed by atoms with Crippen LogP contribution in [0.4, 0.5) is 0 Å². The minimum Gasteiger partial charge on any atom is -0.465 e. The number of rotatable bonds is 8. The average molecular weight is 306 g/mol. The molecule has 1 aromatic carbocycles. The maximum absolute atomic E-state index is 11.9. The smallest absolute Gasteiger partial charge is 0.316 e. The molecule has 0 heterocycles. The molecular weight excluding hydrogens is 284 g/mol. The van der Waals surface area contributed by atoms with E-state index in [9.17, 15) is 9.59 Å². The SMILES string of the molecule is CC(C)CCOC(=O)CSc1ccc(C(=O)C2CC2)cc1. The van der Waals surface area contributed by atoms with E-state index < -0.39 is 0 Å². The largest absolute Gasteiger partial charge is 0.465 e. The van der Waals surface area contributed by atoms with E-state index >= 15 is 0 Å². The van der Waals surface area contributed by atoms with Gasteiger partial charge in [0, 0.05) is 16.4 Å². The van der Waals surface area contributed by atoms with Gasteiger partial charge >= 0.3 is 5.97 Å². The van der Waals surface area contributed by atoms with Crippen molar-refractivity contribution < 1.29 is 14.3 Å². The third-order valence-electron chi connectivity index (χ3n) is 3.40. The van der Waals surface area contributed by atoms with Gasteiger partial charge in [0.15, 0.2) is 5.78 Å². The zero-order valence-electron chi connectivity index (χ0n) is 12.6. The summed E-state index contributed by atoms with van der Waals surface area (Å²) < 4.78 is 5.16. The number of Topliss-reactive ketones (excluding diaryl/α,β-unsaturated/α-hetero) is 1. The van der Waals surface area contributed by atoms with Gasteiger partial charge in [0.05, 0.1) is 12.4 Å². The fourth-order valence-electron chi connectivity index (χ4n) is 1.89. The summed E-state index contributed by atoms with van der Waals surface area (Å²) in [5.41, 5.74) is 0.779. The Balaban J connectivity index is 1.73. The third-order valence-corrected chi connectivity index (χ3v) is 4.39. The molecule has 0 saturated heterocycles. The summed E-state index contributed by atoms with van der Waals surface area (Å²) >= 11 is 1.45. The zero-order valence-corrected chi connectivity index (χ0v) is 13.4. The van der Waals surface area contributed by atoms with Gasteiger partial charge in [-0.15, -0.1) is 11.8 Å². The fourth-order valence-corrected chi connectivity index (χ4v) is 2.59. The Morgan fingerprint density at radius 1 is 1.24 bits per heavy atom. The molecule has 3 nitrogen and oxygen atoms in total. The molecule has 0 spiro atoms. The van der Waals surface area contributed by atoms with E-state index in [-0.39, 0.29) is 17.7 Å². The van der Waals surface area contributed by atoms with Crippen LogP contribution in [0.15, 0.2) is 29.2 Å². The molecule has 0 atom stereocenters. The maximum Gasteiger partial charge on any atom is 0.316 e. The van der Waals surface area contributed by atoms with Crippen LogP contribution >= 0.6 is 11.8 Å². The summed E-state index contributed by atoms with van der Waals surface area (Å²) in [6.45, 7) is 4.70. The van der Waals surface area contributed by atoms with Gasteiger partial charge in [-0.1, -0.05) is 26.0 Å². The highest BCUT2D eigenvalue weighted by Gasteiger charge is 2.30. The number of hydrogen-bond donors (Lipinski definition) is 0. The minimum absolute atomic E-state index is 0.182. The molecule has 0 radical (unpaired) electrons. The van der Waals surface area contributed by atoms with Crippen molar-refractivity contribution in [2.45, 2.75) is 38.0 Å². The third kappa shape index (κ3) is 5.54. The van der Waals surface area contributed by atoms with Gasteiger partial charge in [-0.05, 0) is 37.3 Å². The van der Waals surface area contributed by atoms with Crippen LogP contribution in [0.1, 0.15) is 43.5 Å². The predicted molar refractivity (Wildman–Crippen MR) is 84.6 cm³/mol. The number of ketones is 1. The molecule has 0 aromatic heterocycles. The number of hydrogen-bond acceptors (Lipinski definition) is 4. The van der Waals surface area contributed by atoms with Crippen LogP contribution in [0.2, 0.25) is 0 Å². The Bertz CT molecular complexity index is 489. The van der Waals surface area contributed by atoms with Gasteiger partial charge in [-0.3, -0.25) is 9.59 Å². The molecule has 0 aliphatic heterocycles. The molecule has 1 fully saturated rings. The Morgan fingerprint density at radius 2 is 1.90 bits per heavy atom. The summed E-state index contributed by atoms with van der Waals surface area (Å²) in [6.07, 6.45) is 2.95. The van der Waals surface area contributed by atoms with Gasteiger partial charge in [-0.25, -0.2) is 0 Å². The lowest BCUT2D eigenvalue weighted by molar-refractivity contribution is -0.140. The molecule has 1 saturated carbocycles. The van der Waals surface area contributed by atoms with Crippen molar-refractivity contribution in [3.05, 3.63) is 29.8 Å². The second-order valence-electron chi connectivity index (χ2n) is 5.85. The molecule has 4 heteroatoms. The first-order valence-electron chi connectivity index (χ1n) is 7.49. The Labute approximate surface area is 130 Å². The van der Waals surface area contributed by atoms with Crippen LogP contribution < -0.4 is 0 Å². The first-order valence-corrected chi connectivity index (χ1v) is 8.47. The van der Waals surface area contributed by atoms with Crippen LogP contribution in [-0.2, 0) is 9.53 Å². The van der Waals surface area contributed by atoms with E-state index in [0.29, 0.717) is 18.3 Å². The number of esters is 1. The summed E-state index contributed by atoms with van der Waals surface area (Å²) in [7, 11) is 0. The van der Waals surface area contributed by atoms with E-state index in [1.54, 1.807) is 0 Å². The van der Waals surface area contributed by atoms with Crippen molar-refractivity contribution in [2.24, 2.45) is 11.8 Å². The number of carbonyl (C=O) groups is 2. The summed E-state index contributed by atoms with van der Waals surface area (Å²) in [5, 5.41) is 0. The molecule has 0 unspecified atom stereocenters. The van der Waals surface area contributed by atoms with Crippen LogP contribution in [0.3, 0.4) is 0 Å². The van der Waals surface area contributed by atoms with Crippen molar-refractivity contribution in [2.75, 3.05) is 12.4 Å². The van der Waals surface area contributed by atoms with Gasteiger partial charge in [0.1, 0.15) is 0 Å². The average Bonchev–Trinajstić information content (AvgIpc) is 3.29. The summed E-state index contributed by atoms with van der Waals surface area (Å²) in [6, 6.07) is 7.52. The highest BCUT2D eigenvalue weighted by molar-refractivity contribution is 8.00. The van der Waals surface area contributed by atoms with E-state index in [0.717, 1.165) is 29.7 Å². The quantitative estimate of drug-likeness (QED) is 0.414. The number of ether oxygens (including phenoxy) is 1. The zero-order chi connectivity index (χ0) is 15.2. The Morgan fingerprint density at radius 3 is 2.48 bits per heavy atom. The van der Waals surface area contributed by atoms with Crippen molar-refractivity contribution in [3.8, 4) is 0 Å². The minimum atomic E-state index is -0.182. The molecule has 1 aliphatic rings. The maximum atomic E-state index is 11.9. The van der Waals surface area contributed by atoms with Crippen LogP contribution in [-0.4, -0.2) is 24.1 Å². The molecule has 21 heavy (non-hydrogen) atoms. The van der Waals surface area contributed by atoms with E-state index in [2.05, 4.69) is 13.8 Å². The Kier molecular flexibility index (Phi) is 5.85. The summed E-state index contributed by atoms with van der Waals surface area (Å²) in [4.78, 5) is 24.4. The standard InChI is InChI=1S/C17H22O3S/c1-12(2)9-10-20-16(18)11-21-15-7-5-14(6-8-15)17(19)13-3-4-13/h5-8,12-13H,3-4,9-11H2,1-2H3. The first-order chi connectivity index (χ1) is 10.1. The molecule has 114 valence electrons. The monoisotopic (exact) mass is 306 g/mol. The van der Waals surface area contributed by atoms with E-state index in [4.69, 9.17) is 4.74 Å².